The van der Waals surface area contributed by atoms with Gasteiger partial charge < -0.3 is 14.8 Å². The van der Waals surface area contributed by atoms with E-state index >= 15 is 0 Å². The highest BCUT2D eigenvalue weighted by molar-refractivity contribution is 8.00. The van der Waals surface area contributed by atoms with Gasteiger partial charge in [0.1, 0.15) is 16.9 Å². The molecule has 2 aliphatic rings. The van der Waals surface area contributed by atoms with Crippen molar-refractivity contribution < 1.29 is 19.1 Å². The van der Waals surface area contributed by atoms with Gasteiger partial charge in [-0.3, -0.25) is 14.5 Å². The summed E-state index contributed by atoms with van der Waals surface area (Å²) in [6, 6.07) is 13.1. The molecule has 0 radical (unpaired) electrons. The van der Waals surface area contributed by atoms with Crippen LogP contribution in [0.15, 0.2) is 42.5 Å². The van der Waals surface area contributed by atoms with Crippen molar-refractivity contribution in [2.75, 3.05) is 30.2 Å². The van der Waals surface area contributed by atoms with Crippen molar-refractivity contribution in [3.63, 3.8) is 0 Å². The molecule has 1 atom stereocenters. The van der Waals surface area contributed by atoms with Gasteiger partial charge in [0.25, 0.3) is 0 Å². The Morgan fingerprint density at radius 2 is 1.93 bits per heavy atom. The van der Waals surface area contributed by atoms with Crippen LogP contribution in [0.4, 0.5) is 11.4 Å². The van der Waals surface area contributed by atoms with E-state index in [4.69, 9.17) is 9.47 Å². The van der Waals surface area contributed by atoms with E-state index in [1.165, 1.54) is 11.8 Å². The Morgan fingerprint density at radius 1 is 1.14 bits per heavy atom. The fourth-order valence-corrected chi connectivity index (χ4v) is 4.51. The lowest BCUT2D eigenvalue weighted by Crippen LogP contribution is -2.29. The van der Waals surface area contributed by atoms with Gasteiger partial charge >= 0.3 is 0 Å². The minimum absolute atomic E-state index is 0.00166. The molecule has 2 aromatic carbocycles. The van der Waals surface area contributed by atoms with Crippen LogP contribution in [0, 0.1) is 5.92 Å². The summed E-state index contributed by atoms with van der Waals surface area (Å²) in [7, 11) is 3.16. The second-order valence-corrected chi connectivity index (χ2v) is 7.88. The van der Waals surface area contributed by atoms with Crippen LogP contribution in [0.1, 0.15) is 23.8 Å². The van der Waals surface area contributed by atoms with E-state index in [9.17, 15) is 9.59 Å². The van der Waals surface area contributed by atoms with E-state index in [0.717, 1.165) is 24.1 Å². The molecule has 6 nitrogen and oxygen atoms in total. The Balaban J connectivity index is 1.70. The average molecular weight is 398 g/mol. The van der Waals surface area contributed by atoms with Gasteiger partial charge in [-0.15, -0.1) is 11.8 Å². The Hall–Kier alpha value is -2.67. The number of methoxy groups -OCH3 is 2. The molecule has 28 heavy (non-hydrogen) atoms. The zero-order valence-electron chi connectivity index (χ0n) is 15.8. The van der Waals surface area contributed by atoms with Crippen molar-refractivity contribution in [1.82, 2.24) is 0 Å². The molecule has 2 amide bonds. The van der Waals surface area contributed by atoms with Crippen LogP contribution >= 0.6 is 11.8 Å². The van der Waals surface area contributed by atoms with Gasteiger partial charge in [-0.2, -0.15) is 0 Å². The maximum atomic E-state index is 12.8. The minimum atomic E-state index is -0.245. The van der Waals surface area contributed by atoms with Gasteiger partial charge in [-0.1, -0.05) is 18.2 Å². The van der Waals surface area contributed by atoms with E-state index in [2.05, 4.69) is 5.32 Å². The normalized spacial score (nSPS) is 18.9. The standard InChI is InChI=1S/C21H22N2O4S/c1-26-14-9-10-17(18(11-14)27-2)23-19(24)12-28-21(23)15-5-3-4-6-16(15)22-20(25)13-7-8-13/h3-6,9-11,13,21H,7-8,12H2,1-2H3,(H,22,25)/t21-/m0/s1. The van der Waals surface area contributed by atoms with Gasteiger partial charge in [0.2, 0.25) is 11.8 Å². The number of para-hydroxylation sites is 1. The third kappa shape index (κ3) is 3.54. The van der Waals surface area contributed by atoms with Crippen molar-refractivity contribution in [3.8, 4) is 11.5 Å². The monoisotopic (exact) mass is 398 g/mol. The van der Waals surface area contributed by atoms with Crippen LogP contribution in [0.5, 0.6) is 11.5 Å². The fourth-order valence-electron chi connectivity index (χ4n) is 3.31. The van der Waals surface area contributed by atoms with Crippen molar-refractivity contribution in [1.29, 1.82) is 0 Å². The van der Waals surface area contributed by atoms with Crippen molar-refractivity contribution in [2.24, 2.45) is 5.92 Å². The first-order chi connectivity index (χ1) is 13.6. The summed E-state index contributed by atoms with van der Waals surface area (Å²) < 4.78 is 10.8. The number of amides is 2. The fraction of sp³-hybridized carbons (Fsp3) is 0.333. The lowest BCUT2D eigenvalue weighted by Gasteiger charge is -2.27. The van der Waals surface area contributed by atoms with Gasteiger partial charge in [-0.25, -0.2) is 0 Å². The second kappa shape index (κ2) is 7.75. The molecule has 7 heteroatoms. The maximum Gasteiger partial charge on any atom is 0.238 e. The third-order valence-corrected chi connectivity index (χ3v) is 6.14. The molecule has 1 aliphatic carbocycles. The van der Waals surface area contributed by atoms with Crippen molar-refractivity contribution in [2.45, 2.75) is 18.2 Å². The lowest BCUT2D eigenvalue weighted by atomic mass is 10.1. The first-order valence-electron chi connectivity index (χ1n) is 9.18. The smallest absolute Gasteiger partial charge is 0.238 e. The number of thioether (sulfide) groups is 1. The zero-order chi connectivity index (χ0) is 19.7. The molecular weight excluding hydrogens is 376 g/mol. The number of hydrogen-bond acceptors (Lipinski definition) is 5. The number of nitrogens with one attached hydrogen (secondary N) is 1. The highest BCUT2D eigenvalue weighted by Crippen LogP contribution is 2.47. The quantitative estimate of drug-likeness (QED) is 0.801. The molecule has 0 bridgehead atoms. The summed E-state index contributed by atoms with van der Waals surface area (Å²) in [5.74, 6) is 1.76. The highest BCUT2D eigenvalue weighted by Gasteiger charge is 2.37. The van der Waals surface area contributed by atoms with Crippen molar-refractivity contribution in [3.05, 3.63) is 48.0 Å². The summed E-state index contributed by atoms with van der Waals surface area (Å²) in [6.07, 6.45) is 1.89. The molecule has 2 aromatic rings. The number of benzene rings is 2. The van der Waals surface area contributed by atoms with E-state index in [1.54, 1.807) is 25.2 Å². The molecular formula is C21H22N2O4S. The lowest BCUT2D eigenvalue weighted by molar-refractivity contribution is -0.117. The Labute approximate surface area is 168 Å². The number of hydrogen-bond donors (Lipinski definition) is 1. The number of carbonyl (C=O) groups excluding carboxylic acids is 2. The molecule has 0 unspecified atom stereocenters. The second-order valence-electron chi connectivity index (χ2n) is 6.82. The van der Waals surface area contributed by atoms with Crippen LogP contribution in [0.3, 0.4) is 0 Å². The minimum Gasteiger partial charge on any atom is -0.497 e. The summed E-state index contributed by atoms with van der Waals surface area (Å²) >= 11 is 1.54. The van der Waals surface area contributed by atoms with Crippen LogP contribution in [0.25, 0.3) is 0 Å². The van der Waals surface area contributed by atoms with Crippen LogP contribution in [0.2, 0.25) is 0 Å². The van der Waals surface area contributed by atoms with Gasteiger partial charge in [0.05, 0.1) is 25.7 Å². The summed E-state index contributed by atoms with van der Waals surface area (Å²) in [5.41, 5.74) is 2.35. The van der Waals surface area contributed by atoms with Crippen molar-refractivity contribution >= 4 is 35.0 Å². The van der Waals surface area contributed by atoms with E-state index in [0.29, 0.717) is 22.9 Å². The third-order valence-electron chi connectivity index (χ3n) is 4.95. The van der Waals surface area contributed by atoms with E-state index in [1.807, 2.05) is 36.4 Å². The molecule has 1 saturated heterocycles. The summed E-state index contributed by atoms with van der Waals surface area (Å²) in [4.78, 5) is 26.8. The molecule has 2 fully saturated rings. The highest BCUT2D eigenvalue weighted by atomic mass is 32.2. The van der Waals surface area contributed by atoms with E-state index in [-0.39, 0.29) is 23.1 Å². The molecule has 1 saturated carbocycles. The molecule has 0 aromatic heterocycles. The summed E-state index contributed by atoms with van der Waals surface area (Å²) in [5, 5.41) is 2.80. The predicted molar refractivity (Wildman–Crippen MR) is 110 cm³/mol. The van der Waals surface area contributed by atoms with Crippen LogP contribution in [-0.4, -0.2) is 31.8 Å². The van der Waals surface area contributed by atoms with Crippen LogP contribution < -0.4 is 19.7 Å². The topological polar surface area (TPSA) is 67.9 Å². The Bertz CT molecular complexity index is 913. The van der Waals surface area contributed by atoms with Gasteiger partial charge in [-0.05, 0) is 31.0 Å². The molecule has 4 rings (SSSR count). The number of carbonyl (C=O) groups is 2. The number of rotatable bonds is 6. The Morgan fingerprint density at radius 3 is 2.64 bits per heavy atom. The van der Waals surface area contributed by atoms with Gasteiger partial charge in [0.15, 0.2) is 0 Å². The SMILES string of the molecule is COc1ccc(N2C(=O)CS[C@H]2c2ccccc2NC(=O)C2CC2)c(OC)c1. The number of ether oxygens (including phenoxy) is 2. The largest absolute Gasteiger partial charge is 0.497 e. The maximum absolute atomic E-state index is 12.8. The predicted octanol–water partition coefficient (Wildman–Crippen LogP) is 3.83. The van der Waals surface area contributed by atoms with Crippen LogP contribution in [-0.2, 0) is 9.59 Å². The molecule has 1 N–H and O–H groups in total. The average Bonchev–Trinajstić information content (AvgIpc) is 3.51. The first-order valence-corrected chi connectivity index (χ1v) is 10.2. The molecule has 1 aliphatic heterocycles. The Kier molecular flexibility index (Phi) is 5.17. The zero-order valence-corrected chi connectivity index (χ0v) is 16.6. The molecule has 1 heterocycles. The first kappa shape index (κ1) is 18.7. The number of nitrogens with zero attached hydrogens (tertiary/aromatic N) is 1. The number of anilines is 2. The van der Waals surface area contributed by atoms with Gasteiger partial charge in [0, 0.05) is 23.2 Å². The van der Waals surface area contributed by atoms with E-state index < -0.39 is 0 Å². The summed E-state index contributed by atoms with van der Waals surface area (Å²) in [6.45, 7) is 0. The molecule has 146 valence electrons. The molecule has 0 spiro atoms.